The van der Waals surface area contributed by atoms with Crippen molar-refractivity contribution < 1.29 is 27.6 Å². The molecule has 1 aliphatic carbocycles. The molecule has 1 saturated carbocycles. The SMILES string of the molecule is O=C(NC1(CO)CCC1)c1ccc(-c2noc(C(F)(F)F)n2)cc1. The number of hydrogen-bond donors (Lipinski definition) is 2. The van der Waals surface area contributed by atoms with Gasteiger partial charge in [0, 0.05) is 11.1 Å². The van der Waals surface area contributed by atoms with Crippen LogP contribution in [-0.2, 0) is 6.18 Å². The number of carbonyl (C=O) groups excluding carboxylic acids is 1. The molecule has 128 valence electrons. The molecular weight excluding hydrogens is 327 g/mol. The number of carbonyl (C=O) groups is 1. The molecule has 1 fully saturated rings. The van der Waals surface area contributed by atoms with Crippen molar-refractivity contribution >= 4 is 5.91 Å². The van der Waals surface area contributed by atoms with Crippen molar-refractivity contribution in [3.8, 4) is 11.4 Å². The second kappa shape index (κ2) is 5.90. The van der Waals surface area contributed by atoms with Crippen LogP contribution in [0, 0.1) is 0 Å². The Balaban J connectivity index is 1.73. The minimum Gasteiger partial charge on any atom is -0.394 e. The standard InChI is InChI=1S/C15H14F3N3O3/c16-15(17,18)13-19-11(21-24-13)9-2-4-10(5-3-9)12(23)20-14(8-22)6-1-7-14/h2-5,22H,1,6-8H2,(H,20,23). The number of rotatable bonds is 4. The van der Waals surface area contributed by atoms with Crippen molar-refractivity contribution in [2.24, 2.45) is 0 Å². The molecule has 0 aliphatic heterocycles. The Labute approximate surface area is 134 Å². The minimum atomic E-state index is -4.70. The maximum absolute atomic E-state index is 12.4. The molecule has 24 heavy (non-hydrogen) atoms. The van der Waals surface area contributed by atoms with E-state index in [0.717, 1.165) is 19.3 Å². The number of aliphatic hydroxyl groups is 1. The predicted octanol–water partition coefficient (Wildman–Crippen LogP) is 2.40. The summed E-state index contributed by atoms with van der Waals surface area (Å²) in [5.41, 5.74) is 0.0646. The van der Waals surface area contributed by atoms with Crippen LogP contribution in [-0.4, -0.2) is 33.3 Å². The van der Waals surface area contributed by atoms with Gasteiger partial charge in [0.1, 0.15) is 0 Å². The number of halogens is 3. The van der Waals surface area contributed by atoms with E-state index in [0.29, 0.717) is 11.1 Å². The van der Waals surface area contributed by atoms with Crippen LogP contribution in [0.1, 0.15) is 35.5 Å². The number of amides is 1. The Morgan fingerprint density at radius 3 is 2.42 bits per heavy atom. The lowest BCUT2D eigenvalue weighted by Crippen LogP contribution is -2.56. The summed E-state index contributed by atoms with van der Waals surface area (Å²) in [6.45, 7) is -0.125. The number of hydrogen-bond acceptors (Lipinski definition) is 5. The van der Waals surface area contributed by atoms with Gasteiger partial charge in [0.2, 0.25) is 5.82 Å². The van der Waals surface area contributed by atoms with Gasteiger partial charge in [-0.25, -0.2) is 0 Å². The van der Waals surface area contributed by atoms with Gasteiger partial charge in [-0.3, -0.25) is 4.79 Å². The number of aromatic nitrogens is 2. The van der Waals surface area contributed by atoms with E-state index in [1.165, 1.54) is 24.3 Å². The Hall–Kier alpha value is -2.42. The Bertz CT molecular complexity index is 731. The zero-order chi connectivity index (χ0) is 17.4. The molecule has 0 bridgehead atoms. The van der Waals surface area contributed by atoms with Gasteiger partial charge in [-0.1, -0.05) is 17.3 Å². The van der Waals surface area contributed by atoms with Crippen molar-refractivity contribution in [2.45, 2.75) is 31.0 Å². The average molecular weight is 341 g/mol. The molecule has 1 amide bonds. The highest BCUT2D eigenvalue weighted by Crippen LogP contribution is 2.32. The molecule has 1 aromatic heterocycles. The fourth-order valence-electron chi connectivity index (χ4n) is 2.47. The monoisotopic (exact) mass is 341 g/mol. The normalized spacial score (nSPS) is 16.5. The number of alkyl halides is 3. The third-order valence-electron chi connectivity index (χ3n) is 4.07. The highest BCUT2D eigenvalue weighted by molar-refractivity contribution is 5.95. The van der Waals surface area contributed by atoms with Crippen molar-refractivity contribution in [2.75, 3.05) is 6.61 Å². The summed E-state index contributed by atoms with van der Waals surface area (Å²) in [5, 5.41) is 15.4. The van der Waals surface area contributed by atoms with Gasteiger partial charge in [-0.2, -0.15) is 18.2 Å². The number of aliphatic hydroxyl groups excluding tert-OH is 1. The van der Waals surface area contributed by atoms with Gasteiger partial charge in [-0.15, -0.1) is 0 Å². The summed E-state index contributed by atoms with van der Waals surface area (Å²) in [6, 6.07) is 5.79. The minimum absolute atomic E-state index is 0.125. The largest absolute Gasteiger partial charge is 0.471 e. The predicted molar refractivity (Wildman–Crippen MR) is 75.9 cm³/mol. The molecule has 2 N–H and O–H groups in total. The van der Waals surface area contributed by atoms with Gasteiger partial charge in [0.25, 0.3) is 5.91 Å². The summed E-state index contributed by atoms with van der Waals surface area (Å²) in [6.07, 6.45) is -2.32. The van der Waals surface area contributed by atoms with Crippen LogP contribution in [0.4, 0.5) is 13.2 Å². The van der Waals surface area contributed by atoms with E-state index < -0.39 is 17.6 Å². The quantitative estimate of drug-likeness (QED) is 0.891. The van der Waals surface area contributed by atoms with Crippen molar-refractivity contribution in [1.29, 1.82) is 0 Å². The maximum atomic E-state index is 12.4. The van der Waals surface area contributed by atoms with Crippen LogP contribution >= 0.6 is 0 Å². The summed E-state index contributed by atoms with van der Waals surface area (Å²) in [4.78, 5) is 15.5. The highest BCUT2D eigenvalue weighted by Gasteiger charge is 2.39. The fraction of sp³-hybridized carbons (Fsp3) is 0.400. The second-order valence-corrected chi connectivity index (χ2v) is 5.74. The molecule has 1 aromatic carbocycles. The molecule has 9 heteroatoms. The summed E-state index contributed by atoms with van der Waals surface area (Å²) < 4.78 is 41.5. The first-order valence-corrected chi connectivity index (χ1v) is 7.28. The molecular formula is C15H14F3N3O3. The highest BCUT2D eigenvalue weighted by atomic mass is 19.4. The van der Waals surface area contributed by atoms with Gasteiger partial charge < -0.3 is 14.9 Å². The lowest BCUT2D eigenvalue weighted by Gasteiger charge is -2.40. The average Bonchev–Trinajstić information content (AvgIpc) is 3.01. The Morgan fingerprint density at radius 1 is 1.29 bits per heavy atom. The first-order chi connectivity index (χ1) is 11.3. The molecule has 0 spiro atoms. The smallest absolute Gasteiger partial charge is 0.394 e. The number of nitrogens with one attached hydrogen (secondary N) is 1. The summed E-state index contributed by atoms with van der Waals surface area (Å²) >= 11 is 0. The molecule has 1 aliphatic rings. The Morgan fingerprint density at radius 2 is 1.96 bits per heavy atom. The molecule has 0 unspecified atom stereocenters. The second-order valence-electron chi connectivity index (χ2n) is 5.74. The third kappa shape index (κ3) is 3.12. The Kier molecular flexibility index (Phi) is 4.04. The zero-order valence-corrected chi connectivity index (χ0v) is 12.4. The van der Waals surface area contributed by atoms with Crippen molar-refractivity contribution in [1.82, 2.24) is 15.5 Å². The van der Waals surface area contributed by atoms with Gasteiger partial charge >= 0.3 is 12.1 Å². The van der Waals surface area contributed by atoms with Gasteiger partial charge in [0.05, 0.1) is 12.1 Å². The number of nitrogens with zero attached hydrogens (tertiary/aromatic N) is 2. The lowest BCUT2D eigenvalue weighted by atomic mass is 9.77. The molecule has 0 atom stereocenters. The third-order valence-corrected chi connectivity index (χ3v) is 4.07. The van der Waals surface area contributed by atoms with E-state index in [1.807, 2.05) is 0 Å². The van der Waals surface area contributed by atoms with Crippen molar-refractivity contribution in [3.63, 3.8) is 0 Å². The van der Waals surface area contributed by atoms with Crippen LogP contribution in [0.3, 0.4) is 0 Å². The van der Waals surface area contributed by atoms with Crippen LogP contribution in [0.25, 0.3) is 11.4 Å². The van der Waals surface area contributed by atoms with E-state index in [4.69, 9.17) is 0 Å². The molecule has 3 rings (SSSR count). The molecule has 2 aromatic rings. The van der Waals surface area contributed by atoms with E-state index in [9.17, 15) is 23.1 Å². The molecule has 6 nitrogen and oxygen atoms in total. The van der Waals surface area contributed by atoms with Gasteiger partial charge in [-0.05, 0) is 31.4 Å². The van der Waals surface area contributed by atoms with Crippen LogP contribution in [0.15, 0.2) is 28.8 Å². The van der Waals surface area contributed by atoms with Crippen LogP contribution in [0.5, 0.6) is 0 Å². The summed E-state index contributed by atoms with van der Waals surface area (Å²) in [5.74, 6) is -1.98. The fourth-order valence-corrected chi connectivity index (χ4v) is 2.47. The van der Waals surface area contributed by atoms with E-state index in [2.05, 4.69) is 20.0 Å². The zero-order valence-electron chi connectivity index (χ0n) is 12.4. The number of benzene rings is 1. The summed E-state index contributed by atoms with van der Waals surface area (Å²) in [7, 11) is 0. The first-order valence-electron chi connectivity index (χ1n) is 7.28. The van der Waals surface area contributed by atoms with E-state index in [1.54, 1.807) is 0 Å². The first kappa shape index (κ1) is 16.4. The topological polar surface area (TPSA) is 88.2 Å². The molecule has 0 radical (unpaired) electrons. The lowest BCUT2D eigenvalue weighted by molar-refractivity contribution is -0.159. The molecule has 1 heterocycles. The van der Waals surface area contributed by atoms with Crippen LogP contribution in [0.2, 0.25) is 0 Å². The molecule has 0 saturated heterocycles. The van der Waals surface area contributed by atoms with Crippen molar-refractivity contribution in [3.05, 3.63) is 35.7 Å². The van der Waals surface area contributed by atoms with E-state index in [-0.39, 0.29) is 18.3 Å². The van der Waals surface area contributed by atoms with Gasteiger partial charge in [0.15, 0.2) is 0 Å². The maximum Gasteiger partial charge on any atom is 0.471 e. The van der Waals surface area contributed by atoms with Crippen LogP contribution < -0.4 is 5.32 Å². The van der Waals surface area contributed by atoms with E-state index >= 15 is 0 Å².